The second kappa shape index (κ2) is 9.62. The van der Waals surface area contributed by atoms with Crippen molar-refractivity contribution >= 4 is 40.4 Å². The van der Waals surface area contributed by atoms with Gasteiger partial charge in [-0.25, -0.2) is 19.7 Å². The number of aromatic nitrogens is 4. The van der Waals surface area contributed by atoms with E-state index in [0.29, 0.717) is 40.9 Å². The van der Waals surface area contributed by atoms with Crippen molar-refractivity contribution in [1.29, 1.82) is 0 Å². The molecule has 0 saturated carbocycles. The van der Waals surface area contributed by atoms with E-state index in [0.717, 1.165) is 24.5 Å². The Kier molecular flexibility index (Phi) is 6.38. The zero-order valence-corrected chi connectivity index (χ0v) is 19.1. The largest absolute Gasteiger partial charge is 0.485 e. The van der Waals surface area contributed by atoms with Crippen LogP contribution in [0.1, 0.15) is 11.8 Å². The lowest BCUT2D eigenvalue weighted by molar-refractivity contribution is -0.152. The van der Waals surface area contributed by atoms with Gasteiger partial charge < -0.3 is 36.1 Å². The molecule has 2 aliphatic rings. The van der Waals surface area contributed by atoms with Gasteiger partial charge in [0.05, 0.1) is 18.9 Å². The van der Waals surface area contributed by atoms with Crippen LogP contribution in [-0.4, -0.2) is 79.5 Å². The highest BCUT2D eigenvalue weighted by Crippen LogP contribution is 2.32. The minimum absolute atomic E-state index is 0.319. The molecule has 0 aliphatic carbocycles. The van der Waals surface area contributed by atoms with E-state index in [1.54, 1.807) is 18.2 Å². The number of aliphatic hydroxyl groups is 1. The first kappa shape index (κ1) is 23.2. The van der Waals surface area contributed by atoms with E-state index in [2.05, 4.69) is 30.6 Å². The van der Waals surface area contributed by atoms with Crippen LogP contribution in [0.5, 0.6) is 5.75 Å². The number of nitrogens with one attached hydrogen (secondary N) is 2. The number of nitrogens with two attached hydrogens (primary N) is 1. The molecule has 2 aliphatic heterocycles. The van der Waals surface area contributed by atoms with Crippen LogP contribution in [-0.2, 0) is 16.1 Å². The first-order chi connectivity index (χ1) is 16.9. The molecule has 2 aromatic heterocycles. The van der Waals surface area contributed by atoms with E-state index in [4.69, 9.17) is 26.8 Å². The van der Waals surface area contributed by atoms with Crippen LogP contribution in [0.3, 0.4) is 0 Å². The van der Waals surface area contributed by atoms with E-state index in [1.807, 2.05) is 0 Å². The van der Waals surface area contributed by atoms with Crippen LogP contribution in [0.2, 0.25) is 5.02 Å². The number of benzene rings is 1. The Morgan fingerprint density at radius 2 is 2.23 bits per heavy atom. The number of amidine groups is 1. The zero-order chi connectivity index (χ0) is 24.5. The fourth-order valence-corrected chi connectivity index (χ4v) is 4.20. The van der Waals surface area contributed by atoms with Gasteiger partial charge in [-0.2, -0.15) is 0 Å². The summed E-state index contributed by atoms with van der Waals surface area (Å²) in [6, 6.07) is 4.23. The molecule has 3 aromatic rings. The number of carboxylic acids is 1. The summed E-state index contributed by atoms with van der Waals surface area (Å²) in [5.74, 6) is 0.609. The SMILES string of the molecule is NC1C(C(=O)O)OC(n2cnc3c(NCc4cc(Cl)ccc4OCC4=NCCN4)ncnc32)C1O. The van der Waals surface area contributed by atoms with E-state index in [1.165, 1.54) is 17.2 Å². The molecule has 1 fully saturated rings. The predicted molar refractivity (Wildman–Crippen MR) is 125 cm³/mol. The van der Waals surface area contributed by atoms with Gasteiger partial charge in [-0.15, -0.1) is 0 Å². The number of nitrogens with zero attached hydrogens (tertiary/aromatic N) is 5. The molecule has 0 spiro atoms. The van der Waals surface area contributed by atoms with E-state index in [9.17, 15) is 15.0 Å². The molecule has 4 atom stereocenters. The highest BCUT2D eigenvalue weighted by Gasteiger charge is 2.46. The Hall–Kier alpha value is -3.52. The summed E-state index contributed by atoms with van der Waals surface area (Å²) in [6.45, 7) is 2.18. The number of fused-ring (bicyclic) bond motifs is 1. The Bertz CT molecular complexity index is 1280. The fourth-order valence-electron chi connectivity index (χ4n) is 4.01. The summed E-state index contributed by atoms with van der Waals surface area (Å²) in [4.78, 5) is 28.6. The molecular weight excluding hydrogens is 480 g/mol. The Morgan fingerprint density at radius 1 is 1.37 bits per heavy atom. The maximum atomic E-state index is 11.4. The number of hydrogen-bond acceptors (Lipinski definition) is 11. The third-order valence-electron chi connectivity index (χ3n) is 5.78. The summed E-state index contributed by atoms with van der Waals surface area (Å²) in [5, 5.41) is 26.7. The maximum Gasteiger partial charge on any atom is 0.334 e. The van der Waals surface area contributed by atoms with Crippen molar-refractivity contribution in [3.05, 3.63) is 41.4 Å². The molecule has 13 nitrogen and oxygen atoms in total. The van der Waals surface area contributed by atoms with Gasteiger partial charge in [0.2, 0.25) is 0 Å². The maximum absolute atomic E-state index is 11.4. The van der Waals surface area contributed by atoms with Gasteiger partial charge in [-0.1, -0.05) is 11.6 Å². The molecule has 4 heterocycles. The number of halogens is 1. The summed E-state index contributed by atoms with van der Waals surface area (Å²) in [6.07, 6.45) is -0.932. The van der Waals surface area contributed by atoms with Crippen molar-refractivity contribution in [3.63, 3.8) is 0 Å². The average molecular weight is 503 g/mol. The Morgan fingerprint density at radius 3 is 2.97 bits per heavy atom. The van der Waals surface area contributed by atoms with E-state index in [-0.39, 0.29) is 0 Å². The molecule has 0 amide bonds. The highest BCUT2D eigenvalue weighted by molar-refractivity contribution is 6.30. The third kappa shape index (κ3) is 4.58. The lowest BCUT2D eigenvalue weighted by Gasteiger charge is -2.16. The zero-order valence-electron chi connectivity index (χ0n) is 18.3. The van der Waals surface area contributed by atoms with Crippen LogP contribution in [0.15, 0.2) is 35.8 Å². The van der Waals surface area contributed by atoms with Gasteiger partial charge in [-0.3, -0.25) is 9.56 Å². The van der Waals surface area contributed by atoms with Gasteiger partial charge in [-0.05, 0) is 18.2 Å². The number of anilines is 1. The molecule has 0 radical (unpaired) electrons. The number of ether oxygens (including phenoxy) is 2. The number of carbonyl (C=O) groups is 1. The van der Waals surface area contributed by atoms with Crippen molar-refractivity contribution in [3.8, 4) is 5.75 Å². The van der Waals surface area contributed by atoms with Gasteiger partial charge in [0.25, 0.3) is 0 Å². The monoisotopic (exact) mass is 502 g/mol. The van der Waals surface area contributed by atoms with Crippen LogP contribution in [0.4, 0.5) is 5.82 Å². The van der Waals surface area contributed by atoms with Crippen molar-refractivity contribution in [2.75, 3.05) is 25.0 Å². The summed E-state index contributed by atoms with van der Waals surface area (Å²) in [7, 11) is 0. The van der Waals surface area contributed by atoms with Crippen molar-refractivity contribution < 1.29 is 24.5 Å². The lowest BCUT2D eigenvalue weighted by Crippen LogP contribution is -2.43. The molecule has 4 unspecified atom stereocenters. The van der Waals surface area contributed by atoms with Gasteiger partial charge >= 0.3 is 5.97 Å². The molecule has 1 saturated heterocycles. The van der Waals surface area contributed by atoms with Crippen molar-refractivity contribution in [2.45, 2.75) is 31.0 Å². The van der Waals surface area contributed by atoms with Crippen LogP contribution in [0.25, 0.3) is 11.2 Å². The number of rotatable bonds is 8. The third-order valence-corrected chi connectivity index (χ3v) is 6.01. The van der Waals surface area contributed by atoms with Gasteiger partial charge in [0.1, 0.15) is 30.6 Å². The fraction of sp³-hybridized carbons (Fsp3) is 0.381. The van der Waals surface area contributed by atoms with E-state index >= 15 is 0 Å². The Labute approximate surface area is 204 Å². The van der Waals surface area contributed by atoms with E-state index < -0.39 is 30.4 Å². The number of aliphatic hydroxyl groups excluding tert-OH is 1. The van der Waals surface area contributed by atoms with Gasteiger partial charge in [0.15, 0.2) is 29.3 Å². The summed E-state index contributed by atoms with van der Waals surface area (Å²) in [5.41, 5.74) is 7.38. The number of aliphatic imine (C=N–C) groups is 1. The first-order valence-corrected chi connectivity index (χ1v) is 11.2. The minimum atomic E-state index is -1.35. The molecule has 35 heavy (non-hydrogen) atoms. The molecule has 5 rings (SSSR count). The second-order valence-electron chi connectivity index (χ2n) is 8.05. The average Bonchev–Trinajstić information content (AvgIpc) is 3.57. The minimum Gasteiger partial charge on any atom is -0.485 e. The number of carboxylic acid groups (broad SMARTS) is 1. The topological polar surface area (TPSA) is 182 Å². The van der Waals surface area contributed by atoms with Gasteiger partial charge in [0, 0.05) is 23.7 Å². The smallest absolute Gasteiger partial charge is 0.334 e. The highest BCUT2D eigenvalue weighted by atomic mass is 35.5. The van der Waals surface area contributed by atoms with Crippen LogP contribution in [0, 0.1) is 0 Å². The lowest BCUT2D eigenvalue weighted by atomic mass is 10.1. The Balaban J connectivity index is 1.35. The number of hydrogen-bond donors (Lipinski definition) is 5. The number of aliphatic carboxylic acids is 1. The molecule has 0 bridgehead atoms. The molecule has 14 heteroatoms. The number of imidazole rings is 1. The van der Waals surface area contributed by atoms with Crippen LogP contribution < -0.4 is 21.1 Å². The van der Waals surface area contributed by atoms with Crippen LogP contribution >= 0.6 is 11.6 Å². The second-order valence-corrected chi connectivity index (χ2v) is 8.49. The standard InChI is InChI=1S/C21H23ClN8O5/c22-11-1-2-12(34-7-13-24-3-4-25-13)10(5-11)6-26-18-15-19(28-8-27-18)30(9-29-15)20-16(31)14(23)17(35-20)21(32)33/h1-2,5,8-9,14,16-17,20,31H,3-4,6-7,23H2,(H,24,25)(H,32,33)(H,26,27,28). The molecular formula is C21H23ClN8O5. The predicted octanol–water partition coefficient (Wildman–Crippen LogP) is 0.142. The summed E-state index contributed by atoms with van der Waals surface area (Å²) < 4.78 is 12.9. The normalized spacial score (nSPS) is 23.8. The quantitative estimate of drug-likeness (QED) is 0.282. The molecule has 1 aromatic carbocycles. The summed E-state index contributed by atoms with van der Waals surface area (Å²) >= 11 is 6.21. The molecule has 184 valence electrons. The van der Waals surface area contributed by atoms with Crippen molar-refractivity contribution in [2.24, 2.45) is 10.7 Å². The van der Waals surface area contributed by atoms with Crippen molar-refractivity contribution in [1.82, 2.24) is 24.8 Å². The first-order valence-electron chi connectivity index (χ1n) is 10.8. The molecule has 6 N–H and O–H groups in total.